The van der Waals surface area contributed by atoms with Crippen LogP contribution in [-0.4, -0.2) is 55.7 Å². The van der Waals surface area contributed by atoms with Crippen molar-refractivity contribution in [3.8, 4) is 5.75 Å². The number of fused-ring (bicyclic) bond motifs is 2. The molecule has 2 aliphatic rings. The van der Waals surface area contributed by atoms with E-state index in [0.717, 1.165) is 48.3 Å². The molecule has 1 saturated heterocycles. The molecule has 5 rings (SSSR count). The normalized spacial score (nSPS) is 25.1. The minimum atomic E-state index is -0.519. The number of carbonyl (C=O) groups is 1. The van der Waals surface area contributed by atoms with Crippen LogP contribution in [0.5, 0.6) is 5.75 Å². The Labute approximate surface area is 188 Å². The van der Waals surface area contributed by atoms with Gasteiger partial charge in [-0.05, 0) is 48.3 Å². The monoisotopic (exact) mass is 434 g/mol. The summed E-state index contributed by atoms with van der Waals surface area (Å²) in [5.41, 5.74) is 0. The van der Waals surface area contributed by atoms with Crippen molar-refractivity contribution in [2.24, 2.45) is 11.8 Å². The number of aromatic nitrogens is 3. The number of hydrogen-bond acceptors (Lipinski definition) is 5. The van der Waals surface area contributed by atoms with Crippen LogP contribution in [0.25, 0.3) is 10.8 Å². The Hall–Kier alpha value is -2.93. The third-order valence-corrected chi connectivity index (χ3v) is 7.02. The van der Waals surface area contributed by atoms with Crippen LogP contribution < -0.4 is 4.74 Å². The molecule has 3 aromatic rings. The van der Waals surface area contributed by atoms with E-state index in [0.29, 0.717) is 31.2 Å². The molecule has 1 N–H and O–H groups in total. The molecule has 32 heavy (non-hydrogen) atoms. The molecule has 168 valence electrons. The van der Waals surface area contributed by atoms with Gasteiger partial charge in [0.2, 0.25) is 5.91 Å². The Balaban J connectivity index is 1.19. The largest absolute Gasteiger partial charge is 0.488 e. The highest BCUT2D eigenvalue weighted by atomic mass is 16.5. The summed E-state index contributed by atoms with van der Waals surface area (Å²) in [5, 5.41) is 12.9. The SMILES string of the molecule is CCc1nccn1CCC(=O)N1C[C@H]2C[C@@H](Oc3ccc4ccncc4c3)[C@H](O)C[C@H]2C1. The van der Waals surface area contributed by atoms with Gasteiger partial charge in [-0.25, -0.2) is 4.98 Å². The number of imidazole rings is 1. The fraction of sp³-hybridized carbons (Fsp3) is 0.480. The minimum absolute atomic E-state index is 0.184. The van der Waals surface area contributed by atoms with E-state index in [9.17, 15) is 9.90 Å². The molecule has 4 atom stereocenters. The van der Waals surface area contributed by atoms with Gasteiger partial charge in [0.15, 0.2) is 0 Å². The number of rotatable bonds is 6. The van der Waals surface area contributed by atoms with E-state index in [2.05, 4.69) is 21.5 Å². The molecule has 1 aliphatic heterocycles. The number of likely N-dealkylation sites (tertiary alicyclic amines) is 1. The second-order valence-electron chi connectivity index (χ2n) is 9.04. The summed E-state index contributed by atoms with van der Waals surface area (Å²) in [6.45, 7) is 4.23. The highest BCUT2D eigenvalue weighted by Gasteiger charge is 2.43. The molecule has 1 aliphatic carbocycles. The van der Waals surface area contributed by atoms with Gasteiger partial charge in [-0.2, -0.15) is 0 Å². The van der Waals surface area contributed by atoms with E-state index < -0.39 is 6.10 Å². The van der Waals surface area contributed by atoms with Gasteiger partial charge in [0, 0.05) is 62.6 Å². The van der Waals surface area contributed by atoms with Crippen LogP contribution in [0.15, 0.2) is 49.1 Å². The fourth-order valence-electron chi connectivity index (χ4n) is 5.26. The van der Waals surface area contributed by atoms with Crippen molar-refractivity contribution < 1.29 is 14.6 Å². The van der Waals surface area contributed by atoms with Gasteiger partial charge in [-0.1, -0.05) is 13.0 Å². The van der Waals surface area contributed by atoms with Gasteiger partial charge < -0.3 is 19.3 Å². The highest BCUT2D eigenvalue weighted by Crippen LogP contribution is 2.38. The molecular weight excluding hydrogens is 404 g/mol. The number of aliphatic hydroxyl groups excluding tert-OH is 1. The first-order valence-corrected chi connectivity index (χ1v) is 11.6. The van der Waals surface area contributed by atoms with Gasteiger partial charge in [0.05, 0.1) is 6.10 Å². The maximum Gasteiger partial charge on any atom is 0.224 e. The number of hydrogen-bond donors (Lipinski definition) is 1. The quantitative estimate of drug-likeness (QED) is 0.645. The molecule has 1 amide bonds. The van der Waals surface area contributed by atoms with Crippen molar-refractivity contribution in [2.45, 2.75) is 51.4 Å². The average Bonchev–Trinajstić information content (AvgIpc) is 3.44. The van der Waals surface area contributed by atoms with E-state index in [1.807, 2.05) is 41.6 Å². The van der Waals surface area contributed by atoms with Crippen LogP contribution in [0.2, 0.25) is 0 Å². The standard InChI is InChI=1S/C25H30N4O3/c1-2-24-27-8-10-28(24)9-6-25(31)29-15-19-12-22(30)23(13-20(19)16-29)32-21-4-3-17-5-7-26-14-18(17)11-21/h3-5,7-8,10-11,14,19-20,22-23,30H,2,6,9,12-13,15-16H2,1H3/t19-,20+,22+,23+/m0/s1. The first-order valence-electron chi connectivity index (χ1n) is 11.6. The second kappa shape index (κ2) is 8.90. The average molecular weight is 435 g/mol. The van der Waals surface area contributed by atoms with Gasteiger partial charge >= 0.3 is 0 Å². The molecule has 2 fully saturated rings. The molecule has 2 aromatic heterocycles. The van der Waals surface area contributed by atoms with Crippen molar-refractivity contribution in [1.29, 1.82) is 0 Å². The molecule has 0 spiro atoms. The zero-order valence-corrected chi connectivity index (χ0v) is 18.4. The molecule has 1 aromatic carbocycles. The first kappa shape index (κ1) is 20.9. The van der Waals surface area contributed by atoms with E-state index in [1.54, 1.807) is 12.4 Å². The Kier molecular flexibility index (Phi) is 5.83. The number of pyridine rings is 1. The van der Waals surface area contributed by atoms with E-state index in [-0.39, 0.29) is 12.0 Å². The van der Waals surface area contributed by atoms with Crippen LogP contribution in [0.1, 0.15) is 32.0 Å². The van der Waals surface area contributed by atoms with Crippen LogP contribution >= 0.6 is 0 Å². The Morgan fingerprint density at radius 2 is 2.00 bits per heavy atom. The lowest BCUT2D eigenvalue weighted by Crippen LogP contribution is -2.42. The van der Waals surface area contributed by atoms with Gasteiger partial charge in [0.25, 0.3) is 0 Å². The van der Waals surface area contributed by atoms with E-state index >= 15 is 0 Å². The Morgan fingerprint density at radius 3 is 2.84 bits per heavy atom. The summed E-state index contributed by atoms with van der Waals surface area (Å²) >= 11 is 0. The third-order valence-electron chi connectivity index (χ3n) is 7.02. The molecule has 7 heteroatoms. The summed E-state index contributed by atoms with van der Waals surface area (Å²) in [5.74, 6) is 2.67. The zero-order chi connectivity index (χ0) is 22.1. The predicted octanol–water partition coefficient (Wildman–Crippen LogP) is 3.06. The lowest BCUT2D eigenvalue weighted by Gasteiger charge is -2.35. The lowest BCUT2D eigenvalue weighted by molar-refractivity contribution is -0.130. The van der Waals surface area contributed by atoms with Crippen molar-refractivity contribution in [2.75, 3.05) is 13.1 Å². The number of aliphatic hydroxyl groups is 1. The topological polar surface area (TPSA) is 80.5 Å². The number of nitrogens with zero attached hydrogens (tertiary/aromatic N) is 4. The predicted molar refractivity (Wildman–Crippen MR) is 121 cm³/mol. The zero-order valence-electron chi connectivity index (χ0n) is 18.4. The van der Waals surface area contributed by atoms with Crippen molar-refractivity contribution >= 4 is 16.7 Å². The second-order valence-corrected chi connectivity index (χ2v) is 9.04. The smallest absolute Gasteiger partial charge is 0.224 e. The van der Waals surface area contributed by atoms with Crippen molar-refractivity contribution in [3.05, 3.63) is 54.9 Å². The summed E-state index contributed by atoms with van der Waals surface area (Å²) in [6.07, 6.45) is 9.35. The van der Waals surface area contributed by atoms with Gasteiger partial charge in [-0.15, -0.1) is 0 Å². The summed E-state index contributed by atoms with van der Waals surface area (Å²) in [4.78, 5) is 23.3. The number of carbonyl (C=O) groups excluding carboxylic acids is 1. The summed E-state index contributed by atoms with van der Waals surface area (Å²) in [6, 6.07) is 7.92. The van der Waals surface area contributed by atoms with E-state index in [4.69, 9.17) is 4.74 Å². The molecule has 7 nitrogen and oxygen atoms in total. The fourth-order valence-corrected chi connectivity index (χ4v) is 5.26. The van der Waals surface area contributed by atoms with Gasteiger partial charge in [-0.3, -0.25) is 9.78 Å². The number of aryl methyl sites for hydroxylation is 2. The molecule has 3 heterocycles. The third kappa shape index (κ3) is 4.21. The summed E-state index contributed by atoms with van der Waals surface area (Å²) in [7, 11) is 0. The van der Waals surface area contributed by atoms with Crippen LogP contribution in [0, 0.1) is 11.8 Å². The molecule has 0 radical (unpaired) electrons. The number of amides is 1. The van der Waals surface area contributed by atoms with Crippen LogP contribution in [0.3, 0.4) is 0 Å². The van der Waals surface area contributed by atoms with Gasteiger partial charge in [0.1, 0.15) is 17.7 Å². The highest BCUT2D eigenvalue weighted by molar-refractivity contribution is 5.82. The maximum absolute atomic E-state index is 12.9. The molecule has 1 saturated carbocycles. The first-order chi connectivity index (χ1) is 15.6. The lowest BCUT2D eigenvalue weighted by atomic mass is 9.78. The van der Waals surface area contributed by atoms with Crippen molar-refractivity contribution in [1.82, 2.24) is 19.4 Å². The molecule has 0 unspecified atom stereocenters. The van der Waals surface area contributed by atoms with E-state index in [1.165, 1.54) is 0 Å². The molecule has 0 bridgehead atoms. The summed E-state index contributed by atoms with van der Waals surface area (Å²) < 4.78 is 8.27. The van der Waals surface area contributed by atoms with Crippen LogP contribution in [-0.2, 0) is 17.8 Å². The Morgan fingerprint density at radius 1 is 1.16 bits per heavy atom. The van der Waals surface area contributed by atoms with Crippen molar-refractivity contribution in [3.63, 3.8) is 0 Å². The van der Waals surface area contributed by atoms with Crippen LogP contribution in [0.4, 0.5) is 0 Å². The number of benzene rings is 1. The minimum Gasteiger partial charge on any atom is -0.488 e. The Bertz CT molecular complexity index is 1100. The maximum atomic E-state index is 12.9. The number of ether oxygens (including phenoxy) is 1. The molecular formula is C25H30N4O3.